The van der Waals surface area contributed by atoms with Gasteiger partial charge in [-0.25, -0.2) is 0 Å². The fraction of sp³-hybridized carbons (Fsp3) is 0.143. The highest BCUT2D eigenvalue weighted by molar-refractivity contribution is 5.72. The number of aromatic nitrogens is 2. The van der Waals surface area contributed by atoms with E-state index in [1.165, 1.54) is 25.3 Å². The third kappa shape index (κ3) is 3.12. The van der Waals surface area contributed by atoms with E-state index in [0.29, 0.717) is 22.6 Å². The van der Waals surface area contributed by atoms with E-state index in [1.807, 2.05) is 6.07 Å². The van der Waals surface area contributed by atoms with Crippen molar-refractivity contribution in [3.05, 3.63) is 76.7 Å². The fourth-order valence-electron chi connectivity index (χ4n) is 3.56. The van der Waals surface area contributed by atoms with E-state index in [-0.39, 0.29) is 22.9 Å². The minimum atomic E-state index is -4.62. The molecule has 9 heteroatoms. The second-order valence-corrected chi connectivity index (χ2v) is 6.56. The number of ether oxygens (including phenoxy) is 2. The largest absolute Gasteiger partial charge is 0.497 e. The van der Waals surface area contributed by atoms with Crippen molar-refractivity contribution < 1.29 is 22.6 Å². The van der Waals surface area contributed by atoms with E-state index in [4.69, 9.17) is 15.2 Å². The maximum Gasteiger partial charge on any atom is 0.416 e. The zero-order chi connectivity index (χ0) is 21.5. The number of nitrogens with two attached hydrogens (primary N) is 1. The Kier molecular flexibility index (Phi) is 4.62. The molecule has 2 heterocycles. The zero-order valence-electron chi connectivity index (χ0n) is 15.6. The Bertz CT molecular complexity index is 1190. The number of alkyl halides is 3. The summed E-state index contributed by atoms with van der Waals surface area (Å²) in [5, 5.41) is 16.6. The molecule has 4 rings (SSSR count). The molecule has 152 valence electrons. The van der Waals surface area contributed by atoms with Crippen molar-refractivity contribution in [3.8, 4) is 29.0 Å². The number of nitriles is 1. The van der Waals surface area contributed by atoms with Crippen molar-refractivity contribution >= 4 is 0 Å². The molecule has 0 radical (unpaired) electrons. The van der Waals surface area contributed by atoms with E-state index in [1.54, 1.807) is 24.3 Å². The number of methoxy groups -OCH3 is 1. The van der Waals surface area contributed by atoms with Crippen molar-refractivity contribution in [2.75, 3.05) is 7.11 Å². The molecule has 1 atom stereocenters. The second-order valence-electron chi connectivity index (χ2n) is 6.56. The van der Waals surface area contributed by atoms with Gasteiger partial charge in [-0.15, -0.1) is 5.10 Å². The molecule has 0 bridgehead atoms. The van der Waals surface area contributed by atoms with Gasteiger partial charge in [-0.05, 0) is 23.8 Å². The van der Waals surface area contributed by atoms with Gasteiger partial charge in [-0.2, -0.15) is 18.4 Å². The van der Waals surface area contributed by atoms with Crippen LogP contribution in [-0.4, -0.2) is 17.3 Å². The minimum Gasteiger partial charge on any atom is -0.497 e. The molecule has 1 aliphatic heterocycles. The third-order valence-corrected chi connectivity index (χ3v) is 4.87. The number of benzene rings is 2. The first kappa shape index (κ1) is 19.4. The molecule has 30 heavy (non-hydrogen) atoms. The summed E-state index contributed by atoms with van der Waals surface area (Å²) < 4.78 is 51.9. The number of rotatable bonds is 3. The molecule has 0 saturated carbocycles. The monoisotopic (exact) mass is 412 g/mol. The number of fused-ring (bicyclic) bond motifs is 1. The maximum atomic E-state index is 13.8. The summed E-state index contributed by atoms with van der Waals surface area (Å²) in [5.41, 5.74) is 6.09. The summed E-state index contributed by atoms with van der Waals surface area (Å²) in [6, 6.07) is 13.9. The van der Waals surface area contributed by atoms with Gasteiger partial charge >= 0.3 is 6.18 Å². The average Bonchev–Trinajstić information content (AvgIpc) is 3.15. The molecule has 2 aromatic carbocycles. The first-order valence-corrected chi connectivity index (χ1v) is 8.81. The Balaban J connectivity index is 2.00. The quantitative estimate of drug-likeness (QED) is 0.668. The summed E-state index contributed by atoms with van der Waals surface area (Å²) in [4.78, 5) is 0. The zero-order valence-corrected chi connectivity index (χ0v) is 15.6. The van der Waals surface area contributed by atoms with Gasteiger partial charge in [0.05, 0.1) is 29.8 Å². The van der Waals surface area contributed by atoms with Crippen LogP contribution in [0.3, 0.4) is 0 Å². The van der Waals surface area contributed by atoms with Crippen LogP contribution in [0.2, 0.25) is 0 Å². The number of hydrogen-bond donors (Lipinski definition) is 2. The highest BCUT2D eigenvalue weighted by Crippen LogP contribution is 2.48. The number of hydrogen-bond acceptors (Lipinski definition) is 5. The highest BCUT2D eigenvalue weighted by atomic mass is 19.4. The van der Waals surface area contributed by atoms with Gasteiger partial charge in [0.2, 0.25) is 11.8 Å². The normalized spacial score (nSPS) is 15.9. The van der Waals surface area contributed by atoms with Gasteiger partial charge in [0.1, 0.15) is 17.4 Å². The summed E-state index contributed by atoms with van der Waals surface area (Å²) in [5.74, 6) is -0.825. The first-order valence-electron chi connectivity index (χ1n) is 8.81. The Morgan fingerprint density at radius 2 is 1.97 bits per heavy atom. The van der Waals surface area contributed by atoms with Crippen molar-refractivity contribution in [2.45, 2.75) is 12.1 Å². The van der Waals surface area contributed by atoms with Gasteiger partial charge < -0.3 is 15.2 Å². The SMILES string of the molecule is COc1cccc(-c2[nH]nc3c2[C@H](c2ccccc2C(F)(F)F)C(C#N)=C(N)O3)c1. The minimum absolute atomic E-state index is 0.0197. The Labute approximate surface area is 169 Å². The lowest BCUT2D eigenvalue weighted by Crippen LogP contribution is -2.23. The van der Waals surface area contributed by atoms with E-state index in [9.17, 15) is 18.4 Å². The van der Waals surface area contributed by atoms with Crippen LogP contribution in [0.25, 0.3) is 11.3 Å². The molecule has 0 unspecified atom stereocenters. The van der Waals surface area contributed by atoms with Crippen LogP contribution in [0.4, 0.5) is 13.2 Å². The Morgan fingerprint density at radius 1 is 1.20 bits per heavy atom. The molecule has 3 aromatic rings. The smallest absolute Gasteiger partial charge is 0.416 e. The molecule has 6 nitrogen and oxygen atoms in total. The number of halogens is 3. The van der Waals surface area contributed by atoms with Crippen LogP contribution < -0.4 is 15.2 Å². The number of nitrogens with one attached hydrogen (secondary N) is 1. The third-order valence-electron chi connectivity index (χ3n) is 4.87. The lowest BCUT2D eigenvalue weighted by Gasteiger charge is -2.26. The maximum absolute atomic E-state index is 13.8. The summed E-state index contributed by atoms with van der Waals surface area (Å²) in [6.45, 7) is 0. The Morgan fingerprint density at radius 3 is 2.67 bits per heavy atom. The van der Waals surface area contributed by atoms with Crippen LogP contribution in [-0.2, 0) is 6.18 Å². The Hall–Kier alpha value is -3.93. The first-order chi connectivity index (χ1) is 14.3. The van der Waals surface area contributed by atoms with Gasteiger partial charge in [0.15, 0.2) is 0 Å². The van der Waals surface area contributed by atoms with Crippen LogP contribution in [0.15, 0.2) is 60.0 Å². The topological polar surface area (TPSA) is 97.0 Å². The van der Waals surface area contributed by atoms with E-state index in [0.717, 1.165) is 6.07 Å². The molecule has 3 N–H and O–H groups in total. The molecule has 0 aliphatic carbocycles. The van der Waals surface area contributed by atoms with Crippen LogP contribution in [0.5, 0.6) is 11.6 Å². The standard InChI is InChI=1S/C21H15F3N4O2/c1-29-12-6-4-5-11(9-12)18-17-16(13-7-2-3-8-15(13)21(22,23)24)14(10-25)19(26)30-20(17)28-27-18/h2-9,16H,26H2,1H3,(H,27,28)/t16-/m1/s1. The number of H-pyrrole nitrogens is 1. The van der Waals surface area contributed by atoms with Crippen molar-refractivity contribution in [1.29, 1.82) is 5.26 Å². The molecule has 0 saturated heterocycles. The van der Waals surface area contributed by atoms with Crippen molar-refractivity contribution in [1.82, 2.24) is 10.2 Å². The van der Waals surface area contributed by atoms with Gasteiger partial charge in [-0.1, -0.05) is 30.3 Å². The lowest BCUT2D eigenvalue weighted by atomic mass is 9.81. The lowest BCUT2D eigenvalue weighted by molar-refractivity contribution is -0.138. The van der Waals surface area contributed by atoms with E-state index < -0.39 is 17.7 Å². The number of allylic oxidation sites excluding steroid dienone is 1. The second kappa shape index (κ2) is 7.15. The van der Waals surface area contributed by atoms with E-state index in [2.05, 4.69) is 10.2 Å². The highest BCUT2D eigenvalue weighted by Gasteiger charge is 2.41. The molecule has 1 aromatic heterocycles. The molecule has 0 amide bonds. The summed E-state index contributed by atoms with van der Waals surface area (Å²) in [6.07, 6.45) is -4.62. The molecule has 0 fully saturated rings. The van der Waals surface area contributed by atoms with Gasteiger partial charge in [-0.3, -0.25) is 5.10 Å². The summed E-state index contributed by atoms with van der Waals surface area (Å²) >= 11 is 0. The van der Waals surface area contributed by atoms with Gasteiger partial charge in [0.25, 0.3) is 0 Å². The van der Waals surface area contributed by atoms with Crippen molar-refractivity contribution in [2.24, 2.45) is 5.73 Å². The van der Waals surface area contributed by atoms with Crippen LogP contribution in [0, 0.1) is 11.3 Å². The summed E-state index contributed by atoms with van der Waals surface area (Å²) in [7, 11) is 1.50. The predicted molar refractivity (Wildman–Crippen MR) is 101 cm³/mol. The molecule has 0 spiro atoms. The predicted octanol–water partition coefficient (Wildman–Crippen LogP) is 4.32. The fourth-order valence-corrected chi connectivity index (χ4v) is 3.56. The number of aromatic amines is 1. The average molecular weight is 412 g/mol. The van der Waals surface area contributed by atoms with E-state index >= 15 is 0 Å². The van der Waals surface area contributed by atoms with Crippen LogP contribution >= 0.6 is 0 Å². The molecular weight excluding hydrogens is 397 g/mol. The molecule has 1 aliphatic rings. The van der Waals surface area contributed by atoms with Gasteiger partial charge in [0, 0.05) is 5.56 Å². The number of nitrogens with zero attached hydrogens (tertiary/aromatic N) is 2. The van der Waals surface area contributed by atoms with Crippen LogP contribution in [0.1, 0.15) is 22.6 Å². The van der Waals surface area contributed by atoms with Crippen molar-refractivity contribution in [3.63, 3.8) is 0 Å². The molecular formula is C21H15F3N4O2.